The third-order valence-electron chi connectivity index (χ3n) is 3.49. The van der Waals surface area contributed by atoms with Crippen LogP contribution < -0.4 is 10.6 Å². The van der Waals surface area contributed by atoms with E-state index in [1.54, 1.807) is 12.3 Å². The van der Waals surface area contributed by atoms with E-state index in [9.17, 15) is 9.59 Å². The van der Waals surface area contributed by atoms with Crippen LogP contribution in [-0.2, 0) is 9.59 Å². The molecule has 2 rings (SSSR count). The summed E-state index contributed by atoms with van der Waals surface area (Å²) in [6, 6.07) is 3.06. The fourth-order valence-electron chi connectivity index (χ4n) is 2.56. The first-order valence-corrected chi connectivity index (χ1v) is 7.55. The molecule has 0 spiro atoms. The monoisotopic (exact) mass is 339 g/mol. The van der Waals surface area contributed by atoms with Crippen molar-refractivity contribution in [2.45, 2.75) is 38.6 Å². The number of halogens is 1. The lowest BCUT2D eigenvalue weighted by Gasteiger charge is -2.23. The van der Waals surface area contributed by atoms with Crippen LogP contribution in [0.2, 0.25) is 0 Å². The first-order valence-electron chi connectivity index (χ1n) is 6.76. The second kappa shape index (κ2) is 6.83. The lowest BCUT2D eigenvalue weighted by Crippen LogP contribution is -2.47. The van der Waals surface area contributed by atoms with Crippen LogP contribution in [0.15, 0.2) is 22.8 Å². The average molecular weight is 340 g/mol. The fraction of sp³-hybridized carbons (Fsp3) is 0.500. The number of carbonyl (C=O) groups is 2. The summed E-state index contributed by atoms with van der Waals surface area (Å²) in [5.41, 5.74) is 0. The number of rotatable bonds is 4. The van der Waals surface area contributed by atoms with Gasteiger partial charge in [0.2, 0.25) is 11.8 Å². The van der Waals surface area contributed by atoms with Crippen molar-refractivity contribution >= 4 is 33.6 Å². The van der Waals surface area contributed by atoms with E-state index in [0.717, 1.165) is 30.2 Å². The van der Waals surface area contributed by atoms with Crippen molar-refractivity contribution in [3.05, 3.63) is 22.8 Å². The zero-order valence-corrected chi connectivity index (χ0v) is 12.9. The number of hydrogen-bond donors (Lipinski definition) is 2. The van der Waals surface area contributed by atoms with Crippen molar-refractivity contribution in [2.24, 2.45) is 5.92 Å². The Balaban J connectivity index is 2.05. The van der Waals surface area contributed by atoms with Crippen molar-refractivity contribution in [1.29, 1.82) is 0 Å². The van der Waals surface area contributed by atoms with E-state index in [1.807, 2.05) is 6.07 Å². The molecule has 2 amide bonds. The maximum absolute atomic E-state index is 12.3. The van der Waals surface area contributed by atoms with Gasteiger partial charge in [0.05, 0.1) is 0 Å². The molecule has 0 saturated heterocycles. The number of hydrogen-bond acceptors (Lipinski definition) is 3. The summed E-state index contributed by atoms with van der Waals surface area (Å²) in [6.07, 6.45) is 5.81. The minimum atomic E-state index is -0.472. The van der Waals surface area contributed by atoms with Crippen molar-refractivity contribution in [3.63, 3.8) is 0 Å². The van der Waals surface area contributed by atoms with E-state index in [2.05, 4.69) is 31.5 Å². The highest BCUT2D eigenvalue weighted by Crippen LogP contribution is 2.28. The van der Waals surface area contributed by atoms with E-state index in [4.69, 9.17) is 0 Å². The van der Waals surface area contributed by atoms with Crippen LogP contribution in [0.4, 0.5) is 5.82 Å². The van der Waals surface area contributed by atoms with Gasteiger partial charge in [-0.05, 0) is 46.8 Å². The van der Waals surface area contributed by atoms with Crippen LogP contribution in [0.25, 0.3) is 0 Å². The van der Waals surface area contributed by atoms with Gasteiger partial charge in [0.25, 0.3) is 0 Å². The zero-order chi connectivity index (χ0) is 14.5. The van der Waals surface area contributed by atoms with E-state index in [0.29, 0.717) is 5.82 Å². The number of carbonyl (C=O) groups excluding carboxylic acids is 2. The molecule has 1 unspecified atom stereocenters. The van der Waals surface area contributed by atoms with Crippen molar-refractivity contribution in [3.8, 4) is 0 Å². The van der Waals surface area contributed by atoms with Crippen LogP contribution in [0.1, 0.15) is 32.6 Å². The number of amides is 2. The van der Waals surface area contributed by atoms with Crippen LogP contribution in [0, 0.1) is 5.92 Å². The van der Waals surface area contributed by atoms with Gasteiger partial charge in [0.1, 0.15) is 11.9 Å². The highest BCUT2D eigenvalue weighted by atomic mass is 79.9. The summed E-state index contributed by atoms with van der Waals surface area (Å²) in [5, 5.41) is 5.53. The summed E-state index contributed by atoms with van der Waals surface area (Å²) in [4.78, 5) is 27.8. The predicted molar refractivity (Wildman–Crippen MR) is 80.1 cm³/mol. The smallest absolute Gasteiger partial charge is 0.248 e. The average Bonchev–Trinajstić information content (AvgIpc) is 2.92. The molecule has 1 aliphatic carbocycles. The number of nitrogens with zero attached hydrogens (tertiary/aromatic N) is 1. The Kier molecular flexibility index (Phi) is 5.11. The molecule has 20 heavy (non-hydrogen) atoms. The Hall–Kier alpha value is -1.43. The quantitative estimate of drug-likeness (QED) is 0.885. The van der Waals surface area contributed by atoms with Crippen molar-refractivity contribution < 1.29 is 9.59 Å². The minimum Gasteiger partial charge on any atom is -0.344 e. The maximum atomic E-state index is 12.3. The van der Waals surface area contributed by atoms with E-state index in [-0.39, 0.29) is 17.7 Å². The standard InChI is InChI=1S/C14H18BrN3O2/c1-9(19)17-13(10-4-2-3-5-10)14(20)18-12-7-6-11(15)8-16-12/h6-8,10,13H,2-5H2,1H3,(H,17,19)(H,16,18,20). The number of pyridine rings is 1. The Morgan fingerprint density at radius 1 is 1.35 bits per heavy atom. The molecule has 1 aliphatic rings. The van der Waals surface area contributed by atoms with E-state index in [1.165, 1.54) is 6.92 Å². The van der Waals surface area contributed by atoms with Crippen LogP contribution in [0.5, 0.6) is 0 Å². The Bertz CT molecular complexity index is 484. The molecule has 1 aromatic rings. The van der Waals surface area contributed by atoms with Crippen LogP contribution in [0.3, 0.4) is 0 Å². The van der Waals surface area contributed by atoms with Gasteiger partial charge in [0, 0.05) is 17.6 Å². The molecule has 6 heteroatoms. The van der Waals surface area contributed by atoms with Crippen LogP contribution >= 0.6 is 15.9 Å². The molecule has 1 saturated carbocycles. The number of anilines is 1. The first kappa shape index (κ1) is 15.0. The molecule has 1 atom stereocenters. The third kappa shape index (κ3) is 4.03. The lowest BCUT2D eigenvalue weighted by molar-refractivity contribution is -0.126. The van der Waals surface area contributed by atoms with Crippen LogP contribution in [-0.4, -0.2) is 22.8 Å². The molecule has 108 valence electrons. The van der Waals surface area contributed by atoms with E-state index < -0.39 is 6.04 Å². The first-order chi connectivity index (χ1) is 9.56. The second-order valence-electron chi connectivity index (χ2n) is 5.07. The summed E-state index contributed by atoms with van der Waals surface area (Å²) in [6.45, 7) is 1.44. The normalized spacial score (nSPS) is 16.7. The summed E-state index contributed by atoms with van der Waals surface area (Å²) < 4.78 is 0.852. The summed E-state index contributed by atoms with van der Waals surface area (Å²) >= 11 is 3.30. The number of aromatic nitrogens is 1. The molecule has 0 aromatic carbocycles. The highest BCUT2D eigenvalue weighted by molar-refractivity contribution is 9.10. The van der Waals surface area contributed by atoms with E-state index >= 15 is 0 Å². The Morgan fingerprint density at radius 2 is 2.05 bits per heavy atom. The van der Waals surface area contributed by atoms with Gasteiger partial charge < -0.3 is 10.6 Å². The Labute approximate surface area is 126 Å². The largest absolute Gasteiger partial charge is 0.344 e. The number of nitrogens with one attached hydrogen (secondary N) is 2. The zero-order valence-electron chi connectivity index (χ0n) is 11.4. The molecule has 0 aliphatic heterocycles. The maximum Gasteiger partial charge on any atom is 0.248 e. The molecular weight excluding hydrogens is 322 g/mol. The van der Waals surface area contributed by atoms with Gasteiger partial charge in [0.15, 0.2) is 0 Å². The summed E-state index contributed by atoms with van der Waals surface area (Å²) in [5.74, 6) is 0.337. The lowest BCUT2D eigenvalue weighted by atomic mass is 9.97. The molecule has 0 radical (unpaired) electrons. The second-order valence-corrected chi connectivity index (χ2v) is 5.99. The molecule has 2 N–H and O–H groups in total. The van der Waals surface area contributed by atoms with Crippen molar-refractivity contribution in [2.75, 3.05) is 5.32 Å². The molecular formula is C14H18BrN3O2. The minimum absolute atomic E-state index is 0.180. The Morgan fingerprint density at radius 3 is 2.60 bits per heavy atom. The highest BCUT2D eigenvalue weighted by Gasteiger charge is 2.31. The molecule has 1 fully saturated rings. The third-order valence-corrected chi connectivity index (χ3v) is 3.96. The molecule has 1 heterocycles. The summed E-state index contributed by atoms with van der Waals surface area (Å²) in [7, 11) is 0. The van der Waals surface area contributed by atoms with Gasteiger partial charge in [-0.3, -0.25) is 9.59 Å². The van der Waals surface area contributed by atoms with Gasteiger partial charge in [-0.15, -0.1) is 0 Å². The van der Waals surface area contributed by atoms with Gasteiger partial charge in [-0.1, -0.05) is 12.8 Å². The van der Waals surface area contributed by atoms with Crippen molar-refractivity contribution in [1.82, 2.24) is 10.3 Å². The van der Waals surface area contributed by atoms with Gasteiger partial charge >= 0.3 is 0 Å². The topological polar surface area (TPSA) is 71.1 Å². The SMILES string of the molecule is CC(=O)NC(C(=O)Nc1ccc(Br)cn1)C1CCCC1. The molecule has 0 bridgehead atoms. The van der Waals surface area contributed by atoms with Gasteiger partial charge in [-0.25, -0.2) is 4.98 Å². The molecule has 5 nitrogen and oxygen atoms in total. The predicted octanol–water partition coefficient (Wildman–Crippen LogP) is 2.48. The fourth-order valence-corrected chi connectivity index (χ4v) is 2.80. The van der Waals surface area contributed by atoms with Gasteiger partial charge in [-0.2, -0.15) is 0 Å². The molecule has 1 aromatic heterocycles.